The van der Waals surface area contributed by atoms with Crippen LogP contribution in [0.4, 0.5) is 14.5 Å². The molecular formula is C31H38F2N2O8P2S. The summed E-state index contributed by atoms with van der Waals surface area (Å²) in [5, 5.41) is 6.43. The molecule has 2 aromatic rings. The maximum Gasteiger partial charge on any atom is 0.359 e. The van der Waals surface area contributed by atoms with Gasteiger partial charge in [0.15, 0.2) is 6.29 Å². The first-order chi connectivity index (χ1) is 21.7. The Morgan fingerprint density at radius 3 is 2.37 bits per heavy atom. The molecule has 2 amide bonds. The highest BCUT2D eigenvalue weighted by Gasteiger charge is 2.51. The van der Waals surface area contributed by atoms with Crippen molar-refractivity contribution in [2.75, 3.05) is 19.5 Å². The van der Waals surface area contributed by atoms with Gasteiger partial charge in [-0.2, -0.15) is 8.78 Å². The molecule has 3 aliphatic carbocycles. The molecule has 0 saturated heterocycles. The Hall–Kier alpha value is -2.72. The molecule has 0 heterocycles. The lowest BCUT2D eigenvalue weighted by Gasteiger charge is -2.35. The molecule has 0 spiro atoms. The van der Waals surface area contributed by atoms with Crippen LogP contribution in [0.3, 0.4) is 0 Å². The summed E-state index contributed by atoms with van der Waals surface area (Å²) in [6, 6.07) is 7.55. The van der Waals surface area contributed by atoms with Crippen molar-refractivity contribution in [2.45, 2.75) is 72.6 Å². The number of benzene rings is 2. The minimum Gasteiger partial charge on any atom is -0.496 e. The van der Waals surface area contributed by atoms with E-state index in [1.54, 1.807) is 12.1 Å². The summed E-state index contributed by atoms with van der Waals surface area (Å²) in [7, 11) is 1.61. The van der Waals surface area contributed by atoms with Crippen molar-refractivity contribution in [1.29, 1.82) is 0 Å². The van der Waals surface area contributed by atoms with Crippen molar-refractivity contribution in [1.82, 2.24) is 5.32 Å². The first-order valence-electron chi connectivity index (χ1n) is 15.0. The van der Waals surface area contributed by atoms with Crippen molar-refractivity contribution >= 4 is 57.4 Å². The zero-order valence-electron chi connectivity index (χ0n) is 25.5. The number of carbonyl (C=O) groups is 3. The number of anilines is 1. The monoisotopic (exact) mass is 698 g/mol. The van der Waals surface area contributed by atoms with Gasteiger partial charge in [0.2, 0.25) is 15.7 Å². The Labute approximate surface area is 271 Å². The van der Waals surface area contributed by atoms with Crippen LogP contribution in [-0.4, -0.2) is 63.5 Å². The summed E-state index contributed by atoms with van der Waals surface area (Å²) in [5.74, 6) is -0.644. The lowest BCUT2D eigenvalue weighted by atomic mass is 9.83. The number of nitrogens with one attached hydrogen (secondary N) is 2. The van der Waals surface area contributed by atoms with Gasteiger partial charge in [-0.1, -0.05) is 6.07 Å². The molecule has 0 aromatic heterocycles. The highest BCUT2D eigenvalue weighted by Crippen LogP contribution is 2.49. The Balaban J connectivity index is 1.32. The third-order valence-electron chi connectivity index (χ3n) is 9.56. The van der Waals surface area contributed by atoms with Crippen molar-refractivity contribution in [2.24, 2.45) is 17.8 Å². The standard InChI is InChI=1S/C31H38F2N2O8P2S/c1-41-23-15-25(44)24(43-20-8-10-30(16-36,42-2)11-9-20)14-22(23)28(37)35-27-18-7-6-17(12-18)26(27)29(38)34-19-4-3-5-21(13-19)46(39,40)31(32,33)45/h3-5,13-18,20,26-27H,6-12,44-45H2,1-2H3,(H,34,38)(H,35,37)/t17-,18+,20-,26-,27+,30-/m1/s1. The predicted octanol–water partition coefficient (Wildman–Crippen LogP) is 4.08. The van der Waals surface area contributed by atoms with E-state index in [-0.39, 0.29) is 29.2 Å². The molecule has 3 fully saturated rings. The topological polar surface area (TPSA) is 137 Å². The van der Waals surface area contributed by atoms with Crippen LogP contribution in [0.15, 0.2) is 41.3 Å². The molecule has 2 N–H and O–H groups in total. The minimum atomic E-state index is -4.97. The van der Waals surface area contributed by atoms with Crippen molar-refractivity contribution in [3.63, 3.8) is 0 Å². The highest BCUT2D eigenvalue weighted by molar-refractivity contribution is 7.96. The second-order valence-corrected chi connectivity index (χ2v) is 16.0. The number of sulfone groups is 1. The van der Waals surface area contributed by atoms with Gasteiger partial charge in [-0.05, 0) is 96.4 Å². The summed E-state index contributed by atoms with van der Waals surface area (Å²) in [4.78, 5) is 34.2. The number of hydrogen-bond acceptors (Lipinski definition) is 8. The second-order valence-electron chi connectivity index (χ2n) is 12.2. The molecule has 3 saturated carbocycles. The van der Waals surface area contributed by atoms with Crippen molar-refractivity contribution in [3.8, 4) is 11.5 Å². The van der Waals surface area contributed by atoms with Crippen LogP contribution in [0.25, 0.3) is 0 Å². The van der Waals surface area contributed by atoms with Gasteiger partial charge in [0.25, 0.3) is 5.91 Å². The molecular weight excluding hydrogens is 660 g/mol. The number of methoxy groups -OCH3 is 2. The average molecular weight is 699 g/mol. The Morgan fingerprint density at radius 1 is 1.04 bits per heavy atom. The number of alkyl halides is 2. The average Bonchev–Trinajstić information content (AvgIpc) is 3.64. The number of ether oxygens (including phenoxy) is 3. The number of halogens is 2. The largest absolute Gasteiger partial charge is 0.496 e. The predicted molar refractivity (Wildman–Crippen MR) is 174 cm³/mol. The molecule has 10 nitrogen and oxygen atoms in total. The minimum absolute atomic E-state index is 0.00863. The molecule has 2 unspecified atom stereocenters. The Morgan fingerprint density at radius 2 is 1.74 bits per heavy atom. The van der Waals surface area contributed by atoms with E-state index in [4.69, 9.17) is 14.2 Å². The normalized spacial score (nSPS) is 27.6. The van der Waals surface area contributed by atoms with Gasteiger partial charge in [0.1, 0.15) is 17.1 Å². The second kappa shape index (κ2) is 13.4. The molecule has 6 atom stereocenters. The van der Waals surface area contributed by atoms with E-state index >= 15 is 0 Å². The summed E-state index contributed by atoms with van der Waals surface area (Å²) >= 11 is 0. The van der Waals surface area contributed by atoms with Crippen LogP contribution < -0.4 is 25.4 Å². The summed E-state index contributed by atoms with van der Waals surface area (Å²) in [5.41, 5.74) is -0.509. The summed E-state index contributed by atoms with van der Waals surface area (Å²) < 4.78 is 69.2. The molecule has 0 radical (unpaired) electrons. The number of rotatable bonds is 11. The zero-order valence-corrected chi connectivity index (χ0v) is 28.6. The smallest absolute Gasteiger partial charge is 0.359 e. The van der Waals surface area contributed by atoms with Gasteiger partial charge in [0, 0.05) is 24.1 Å². The van der Waals surface area contributed by atoms with E-state index in [1.165, 1.54) is 26.4 Å². The van der Waals surface area contributed by atoms with Gasteiger partial charge in [-0.3, -0.25) is 9.59 Å². The summed E-state index contributed by atoms with van der Waals surface area (Å²) in [6.07, 6.45) is 5.26. The van der Waals surface area contributed by atoms with E-state index < -0.39 is 49.1 Å². The van der Waals surface area contributed by atoms with Gasteiger partial charge >= 0.3 is 5.00 Å². The van der Waals surface area contributed by atoms with Crippen LogP contribution in [-0.2, 0) is 24.2 Å². The number of aldehydes is 1. The maximum atomic E-state index is 13.8. The maximum absolute atomic E-state index is 13.8. The first-order valence-corrected chi connectivity index (χ1v) is 17.6. The Kier molecular flexibility index (Phi) is 10.1. The van der Waals surface area contributed by atoms with E-state index in [1.807, 2.05) is 0 Å². The SMILES string of the molecule is COc1cc(P)c(O[C@H]2CC[C@](C=O)(OC)CC2)cc1C(=O)N[C@H]1[C@H]2CC[C@H](C2)[C@H]1C(=O)Nc1cccc(S(=O)(=O)C(F)(F)P)c1. The molecule has 3 aliphatic rings. The fraction of sp³-hybridized carbons (Fsp3) is 0.516. The van der Waals surface area contributed by atoms with Crippen LogP contribution in [0.2, 0.25) is 0 Å². The number of fused-ring (bicyclic) bond motifs is 2. The zero-order chi connectivity index (χ0) is 33.4. The van der Waals surface area contributed by atoms with Crippen molar-refractivity contribution < 1.29 is 45.8 Å². The number of hydrogen-bond donors (Lipinski definition) is 2. The number of amides is 2. The molecule has 46 heavy (non-hydrogen) atoms. The van der Waals surface area contributed by atoms with E-state index in [2.05, 4.69) is 19.9 Å². The third kappa shape index (κ3) is 6.80. The molecule has 2 bridgehead atoms. The van der Waals surface area contributed by atoms with Gasteiger partial charge in [-0.15, -0.1) is 9.24 Å². The fourth-order valence-electron chi connectivity index (χ4n) is 7.00. The lowest BCUT2D eigenvalue weighted by molar-refractivity contribution is -0.133. The summed E-state index contributed by atoms with van der Waals surface area (Å²) in [6.45, 7) is 0. The molecule has 2 aromatic carbocycles. The van der Waals surface area contributed by atoms with Gasteiger partial charge < -0.3 is 29.6 Å². The fourth-order valence-corrected chi connectivity index (χ4v) is 8.57. The van der Waals surface area contributed by atoms with E-state index in [9.17, 15) is 31.6 Å². The van der Waals surface area contributed by atoms with Crippen LogP contribution >= 0.6 is 18.5 Å². The van der Waals surface area contributed by atoms with Crippen LogP contribution in [0.1, 0.15) is 55.3 Å². The number of carbonyl (C=O) groups excluding carboxylic acids is 3. The quantitative estimate of drug-likeness (QED) is 0.265. The Bertz CT molecular complexity index is 1610. The molecule has 15 heteroatoms. The molecule has 250 valence electrons. The highest BCUT2D eigenvalue weighted by atomic mass is 32.2. The van der Waals surface area contributed by atoms with Crippen LogP contribution in [0, 0.1) is 17.8 Å². The van der Waals surface area contributed by atoms with Crippen molar-refractivity contribution in [3.05, 3.63) is 42.0 Å². The molecule has 5 rings (SSSR count). The third-order valence-corrected chi connectivity index (χ3v) is 12.5. The lowest BCUT2D eigenvalue weighted by Crippen LogP contribution is -2.48. The first kappa shape index (κ1) is 34.6. The van der Waals surface area contributed by atoms with E-state index in [0.29, 0.717) is 42.5 Å². The molecule has 0 aliphatic heterocycles. The van der Waals surface area contributed by atoms with Crippen LogP contribution in [0.5, 0.6) is 11.5 Å². The van der Waals surface area contributed by atoms with Gasteiger partial charge in [0.05, 0.1) is 29.6 Å². The van der Waals surface area contributed by atoms with E-state index in [0.717, 1.165) is 46.9 Å². The van der Waals surface area contributed by atoms with Gasteiger partial charge in [-0.25, -0.2) is 8.42 Å².